The third-order valence-corrected chi connectivity index (χ3v) is 6.02. The van der Waals surface area contributed by atoms with Crippen LogP contribution in [0.3, 0.4) is 0 Å². The van der Waals surface area contributed by atoms with Crippen molar-refractivity contribution in [1.82, 2.24) is 9.80 Å². The Balaban J connectivity index is 1.21. The lowest BCUT2D eigenvalue weighted by atomic mass is 9.93. The summed E-state index contributed by atoms with van der Waals surface area (Å²) in [6.07, 6.45) is 2.74. The molecule has 2 atom stereocenters. The van der Waals surface area contributed by atoms with E-state index in [0.29, 0.717) is 36.1 Å². The predicted octanol–water partition coefficient (Wildman–Crippen LogP) is 1.61. The molecule has 0 radical (unpaired) electrons. The van der Waals surface area contributed by atoms with Crippen LogP contribution in [-0.4, -0.2) is 79.1 Å². The van der Waals surface area contributed by atoms with E-state index in [9.17, 15) is 9.90 Å². The number of aliphatic hydroxyl groups excluding tert-OH is 1. The number of fused-ring (bicyclic) bond motifs is 1. The molecule has 3 aliphatic heterocycles. The van der Waals surface area contributed by atoms with Gasteiger partial charge in [-0.25, -0.2) is 4.79 Å². The summed E-state index contributed by atoms with van der Waals surface area (Å²) in [4.78, 5) is 15.8. The quantitative estimate of drug-likeness (QED) is 0.774. The minimum absolute atomic E-state index is 0.0438. The third kappa shape index (κ3) is 4.57. The molecule has 1 aromatic rings. The van der Waals surface area contributed by atoms with E-state index in [4.69, 9.17) is 19.5 Å². The molecule has 2 fully saturated rings. The number of piperidine rings is 1. The molecule has 1 unspecified atom stereocenters. The van der Waals surface area contributed by atoms with Crippen LogP contribution in [0.15, 0.2) is 18.2 Å². The van der Waals surface area contributed by atoms with Gasteiger partial charge < -0.3 is 19.3 Å². The highest BCUT2D eigenvalue weighted by molar-refractivity contribution is 5.70. The third-order valence-electron chi connectivity index (χ3n) is 6.02. The number of hydrogen-bond acceptors (Lipinski definition) is 7. The summed E-state index contributed by atoms with van der Waals surface area (Å²) >= 11 is 0. The summed E-state index contributed by atoms with van der Waals surface area (Å²) in [5.74, 6) is 1.91. The zero-order chi connectivity index (χ0) is 20.2. The Labute approximate surface area is 170 Å². The first-order chi connectivity index (χ1) is 14.2. The predicted molar refractivity (Wildman–Crippen MR) is 104 cm³/mol. The fraction of sp³-hybridized carbons (Fsp3) is 0.619. The van der Waals surface area contributed by atoms with Crippen molar-refractivity contribution >= 4 is 6.09 Å². The van der Waals surface area contributed by atoms with Gasteiger partial charge >= 0.3 is 6.09 Å². The van der Waals surface area contributed by atoms with Crippen molar-refractivity contribution in [2.75, 3.05) is 46.0 Å². The van der Waals surface area contributed by atoms with E-state index in [1.165, 1.54) is 0 Å². The summed E-state index contributed by atoms with van der Waals surface area (Å²) < 4.78 is 16.9. The second-order valence-corrected chi connectivity index (χ2v) is 7.96. The maximum atomic E-state index is 11.8. The van der Waals surface area contributed by atoms with Crippen molar-refractivity contribution < 1.29 is 24.1 Å². The molecular formula is C21H27N3O5. The lowest BCUT2D eigenvalue weighted by Gasteiger charge is -2.36. The summed E-state index contributed by atoms with van der Waals surface area (Å²) in [5.41, 5.74) is 0.569. The number of amides is 1. The van der Waals surface area contributed by atoms with E-state index in [2.05, 4.69) is 11.0 Å². The van der Waals surface area contributed by atoms with Gasteiger partial charge in [-0.3, -0.25) is 9.80 Å². The Morgan fingerprint density at radius 3 is 2.76 bits per heavy atom. The number of rotatable bonds is 6. The average molecular weight is 401 g/mol. The number of carbonyl (C=O) groups is 1. The molecule has 3 aliphatic rings. The molecule has 0 bridgehead atoms. The van der Waals surface area contributed by atoms with Crippen LogP contribution in [0.5, 0.6) is 11.5 Å². The van der Waals surface area contributed by atoms with Crippen LogP contribution >= 0.6 is 0 Å². The molecule has 156 valence electrons. The number of nitriles is 1. The number of cyclic esters (lactones) is 1. The number of nitrogens with zero attached hydrogens (tertiary/aromatic N) is 3. The number of ether oxygens (including phenoxy) is 3. The smallest absolute Gasteiger partial charge is 0.410 e. The lowest BCUT2D eigenvalue weighted by molar-refractivity contribution is 0.0464. The minimum Gasteiger partial charge on any atom is -0.486 e. The van der Waals surface area contributed by atoms with Crippen LogP contribution < -0.4 is 9.47 Å². The molecule has 1 amide bonds. The average Bonchev–Trinajstić information content (AvgIpc) is 3.12. The first kappa shape index (κ1) is 19.8. The number of benzene rings is 1. The zero-order valence-corrected chi connectivity index (χ0v) is 16.5. The van der Waals surface area contributed by atoms with Crippen LogP contribution in [0.25, 0.3) is 0 Å². The van der Waals surface area contributed by atoms with Gasteiger partial charge in [-0.2, -0.15) is 5.26 Å². The Kier molecular flexibility index (Phi) is 6.07. The van der Waals surface area contributed by atoms with Gasteiger partial charge in [-0.15, -0.1) is 0 Å². The molecule has 3 heterocycles. The van der Waals surface area contributed by atoms with Crippen molar-refractivity contribution in [3.63, 3.8) is 0 Å². The summed E-state index contributed by atoms with van der Waals surface area (Å²) in [7, 11) is 0. The van der Waals surface area contributed by atoms with E-state index in [1.807, 2.05) is 0 Å². The number of likely N-dealkylation sites (tertiary alicyclic amines) is 1. The first-order valence-electron chi connectivity index (χ1n) is 10.3. The molecule has 1 N–H and O–H groups in total. The van der Waals surface area contributed by atoms with Gasteiger partial charge in [0, 0.05) is 19.2 Å². The fourth-order valence-corrected chi connectivity index (χ4v) is 4.26. The SMILES string of the molecule is N#Cc1ccc2c(c1)O[C@@H](CN1CCC(CCN3C(=O)OCC3CO)CC1)CO2. The van der Waals surface area contributed by atoms with E-state index >= 15 is 0 Å². The first-order valence-corrected chi connectivity index (χ1v) is 10.3. The normalized spacial score (nSPS) is 25.0. The fourth-order valence-electron chi connectivity index (χ4n) is 4.26. The van der Waals surface area contributed by atoms with E-state index < -0.39 is 0 Å². The Morgan fingerprint density at radius 1 is 1.17 bits per heavy atom. The molecular weight excluding hydrogens is 374 g/mol. The maximum absolute atomic E-state index is 11.8. The number of hydrogen-bond donors (Lipinski definition) is 1. The van der Waals surface area contributed by atoms with E-state index in [0.717, 1.165) is 38.9 Å². The molecule has 0 aliphatic carbocycles. The van der Waals surface area contributed by atoms with Gasteiger partial charge in [-0.05, 0) is 50.4 Å². The Morgan fingerprint density at radius 2 is 2.00 bits per heavy atom. The van der Waals surface area contributed by atoms with Crippen LogP contribution in [-0.2, 0) is 4.74 Å². The van der Waals surface area contributed by atoms with Crippen LogP contribution in [0, 0.1) is 17.2 Å². The van der Waals surface area contributed by atoms with Crippen LogP contribution in [0.2, 0.25) is 0 Å². The Bertz CT molecular complexity index is 772. The highest BCUT2D eigenvalue weighted by atomic mass is 16.6. The van der Waals surface area contributed by atoms with Crippen molar-refractivity contribution in [3.05, 3.63) is 23.8 Å². The molecule has 4 rings (SSSR count). The molecule has 1 aromatic carbocycles. The summed E-state index contributed by atoms with van der Waals surface area (Å²) in [6.45, 7) is 4.18. The van der Waals surface area contributed by atoms with E-state index in [1.54, 1.807) is 23.1 Å². The van der Waals surface area contributed by atoms with E-state index in [-0.39, 0.29) is 31.5 Å². The molecule has 2 saturated heterocycles. The number of aliphatic hydroxyl groups is 1. The largest absolute Gasteiger partial charge is 0.486 e. The highest BCUT2D eigenvalue weighted by Gasteiger charge is 2.33. The van der Waals surface area contributed by atoms with Crippen molar-refractivity contribution in [2.24, 2.45) is 5.92 Å². The molecule has 0 spiro atoms. The number of carbonyl (C=O) groups excluding carboxylic acids is 1. The van der Waals surface area contributed by atoms with Gasteiger partial charge in [0.25, 0.3) is 0 Å². The van der Waals surface area contributed by atoms with Gasteiger partial charge in [0.05, 0.1) is 24.3 Å². The standard InChI is InChI=1S/C21H27N3O5/c22-10-16-1-2-19-20(9-16)29-18(14-27-19)11-23-6-3-15(4-7-23)5-8-24-17(12-25)13-28-21(24)26/h1-2,9,15,17-18,25H,3-8,11-14H2/t17?,18-/m0/s1. The molecule has 0 saturated carbocycles. The summed E-state index contributed by atoms with van der Waals surface area (Å²) in [6, 6.07) is 7.18. The molecule has 29 heavy (non-hydrogen) atoms. The Hall–Kier alpha value is -2.50. The topological polar surface area (TPSA) is 95.3 Å². The monoisotopic (exact) mass is 401 g/mol. The maximum Gasteiger partial charge on any atom is 0.410 e. The van der Waals surface area contributed by atoms with Gasteiger partial charge in [0.1, 0.15) is 19.3 Å². The minimum atomic E-state index is -0.309. The van der Waals surface area contributed by atoms with Crippen molar-refractivity contribution in [1.29, 1.82) is 5.26 Å². The van der Waals surface area contributed by atoms with Crippen LogP contribution in [0.4, 0.5) is 4.79 Å². The zero-order valence-electron chi connectivity index (χ0n) is 16.5. The molecule has 8 nitrogen and oxygen atoms in total. The second-order valence-electron chi connectivity index (χ2n) is 7.96. The molecule has 0 aromatic heterocycles. The van der Waals surface area contributed by atoms with Gasteiger partial charge in [0.2, 0.25) is 0 Å². The summed E-state index contributed by atoms with van der Waals surface area (Å²) in [5, 5.41) is 18.4. The van der Waals surface area contributed by atoms with Crippen molar-refractivity contribution in [3.8, 4) is 17.6 Å². The highest BCUT2D eigenvalue weighted by Crippen LogP contribution is 2.33. The van der Waals surface area contributed by atoms with Gasteiger partial charge in [-0.1, -0.05) is 0 Å². The lowest BCUT2D eigenvalue weighted by Crippen LogP contribution is -2.44. The second kappa shape index (κ2) is 8.89. The van der Waals surface area contributed by atoms with Crippen molar-refractivity contribution in [2.45, 2.75) is 31.4 Å². The molecule has 8 heteroatoms. The van der Waals surface area contributed by atoms with Crippen LogP contribution in [0.1, 0.15) is 24.8 Å². The van der Waals surface area contributed by atoms with Gasteiger partial charge in [0.15, 0.2) is 11.5 Å².